The molecular formula is C44H37BO2. The van der Waals surface area contributed by atoms with Crippen LogP contribution in [-0.2, 0) is 20.1 Å². The predicted octanol–water partition coefficient (Wildman–Crippen LogP) is 9.05. The highest BCUT2D eigenvalue weighted by Crippen LogP contribution is 2.65. The Morgan fingerprint density at radius 2 is 0.872 bits per heavy atom. The molecule has 2 atom stereocenters. The molecule has 1 aliphatic heterocycles. The first-order valence-corrected chi connectivity index (χ1v) is 16.7. The third kappa shape index (κ3) is 3.65. The summed E-state index contributed by atoms with van der Waals surface area (Å²) < 4.78 is 13.2. The first kappa shape index (κ1) is 28.5. The van der Waals surface area contributed by atoms with Crippen molar-refractivity contribution >= 4 is 12.6 Å². The molecule has 47 heavy (non-hydrogen) atoms. The van der Waals surface area contributed by atoms with E-state index in [9.17, 15) is 0 Å². The van der Waals surface area contributed by atoms with Gasteiger partial charge in [-0.2, -0.15) is 0 Å². The first-order chi connectivity index (χ1) is 22.8. The molecule has 0 aromatic heterocycles. The zero-order valence-electron chi connectivity index (χ0n) is 27.3. The van der Waals surface area contributed by atoms with E-state index < -0.39 is 29.2 Å². The summed E-state index contributed by atoms with van der Waals surface area (Å²) >= 11 is 0. The molecule has 3 heteroatoms. The van der Waals surface area contributed by atoms with Crippen molar-refractivity contribution < 1.29 is 9.31 Å². The second-order valence-corrected chi connectivity index (χ2v) is 14.3. The van der Waals surface area contributed by atoms with Crippen molar-refractivity contribution in [3.05, 3.63) is 196 Å². The molecule has 6 aromatic rings. The number of rotatable bonds is 4. The van der Waals surface area contributed by atoms with E-state index in [2.05, 4.69) is 179 Å². The number of hydrogen-bond acceptors (Lipinski definition) is 2. The van der Waals surface area contributed by atoms with Crippen LogP contribution in [0.3, 0.4) is 0 Å². The highest BCUT2D eigenvalue weighted by molar-refractivity contribution is 6.62. The largest absolute Gasteiger partial charge is 0.494 e. The van der Waals surface area contributed by atoms with E-state index in [1.807, 2.05) is 0 Å². The van der Waals surface area contributed by atoms with Gasteiger partial charge < -0.3 is 9.31 Å². The first-order valence-electron chi connectivity index (χ1n) is 16.7. The molecule has 2 unspecified atom stereocenters. The van der Waals surface area contributed by atoms with E-state index in [-0.39, 0.29) is 0 Å². The van der Waals surface area contributed by atoms with Crippen molar-refractivity contribution in [1.29, 1.82) is 0 Å². The summed E-state index contributed by atoms with van der Waals surface area (Å²) in [6.07, 6.45) is 0. The van der Waals surface area contributed by atoms with Gasteiger partial charge in [-0.1, -0.05) is 152 Å². The van der Waals surface area contributed by atoms with Crippen molar-refractivity contribution in [3.63, 3.8) is 0 Å². The Kier molecular flexibility index (Phi) is 6.01. The molecule has 0 saturated carbocycles. The van der Waals surface area contributed by atoms with Gasteiger partial charge in [0, 0.05) is 0 Å². The Hall–Kier alpha value is -4.70. The zero-order chi connectivity index (χ0) is 32.0. The summed E-state index contributed by atoms with van der Waals surface area (Å²) in [4.78, 5) is 0. The molecule has 0 amide bonds. The van der Waals surface area contributed by atoms with Gasteiger partial charge in [0.1, 0.15) is 0 Å². The number of hydrogen-bond donors (Lipinski definition) is 0. The Morgan fingerprint density at radius 1 is 0.404 bits per heavy atom. The lowest BCUT2D eigenvalue weighted by atomic mass is 9.51. The van der Waals surface area contributed by atoms with E-state index in [0.29, 0.717) is 0 Å². The van der Waals surface area contributed by atoms with Gasteiger partial charge in [-0.3, -0.25) is 0 Å². The minimum Gasteiger partial charge on any atom is -0.399 e. The van der Waals surface area contributed by atoms with Crippen LogP contribution in [0.4, 0.5) is 0 Å². The van der Waals surface area contributed by atoms with Crippen LogP contribution in [-0.4, -0.2) is 18.3 Å². The fourth-order valence-electron chi connectivity index (χ4n) is 8.75. The average Bonchev–Trinajstić information content (AvgIpc) is 3.53. The van der Waals surface area contributed by atoms with Crippen LogP contribution < -0.4 is 5.46 Å². The van der Waals surface area contributed by atoms with Crippen LogP contribution in [0, 0.1) is 0 Å². The molecular weight excluding hydrogens is 571 g/mol. The minimum absolute atomic E-state index is 0.427. The summed E-state index contributed by atoms with van der Waals surface area (Å²) in [7, 11) is -0.458. The number of fused-ring (bicyclic) bond motifs is 5. The maximum Gasteiger partial charge on any atom is 0.494 e. The highest BCUT2D eigenvalue weighted by Gasteiger charge is 2.58. The molecule has 1 heterocycles. The second-order valence-electron chi connectivity index (χ2n) is 14.3. The quantitative estimate of drug-likeness (QED) is 0.186. The van der Waals surface area contributed by atoms with Crippen LogP contribution in [0.2, 0.25) is 0 Å². The van der Waals surface area contributed by atoms with Gasteiger partial charge in [0.2, 0.25) is 0 Å². The van der Waals surface area contributed by atoms with E-state index in [1.165, 1.54) is 55.6 Å². The monoisotopic (exact) mass is 608 g/mol. The molecule has 228 valence electrons. The minimum atomic E-state index is -0.594. The molecule has 3 aliphatic rings. The summed E-state index contributed by atoms with van der Waals surface area (Å²) in [5.74, 6) is 0. The molecule has 2 aliphatic carbocycles. The molecule has 1 saturated heterocycles. The maximum atomic E-state index is 6.61. The van der Waals surface area contributed by atoms with Crippen molar-refractivity contribution in [3.8, 4) is 11.1 Å². The standard InChI is InChI=1S/C44H37BO2/c1-41(2)42(3,4)47-45(46-41)33-22-15-21-32(29-33)43(30-17-7-5-8-18-30)37-26-13-14-27-38(37)44(31-19-9-6-10-20-31)36-25-12-11-23-34(36)35-24-16-28-39(43)40(35)44/h5-29H,1-4H3. The van der Waals surface area contributed by atoms with E-state index in [1.54, 1.807) is 0 Å². The summed E-state index contributed by atoms with van der Waals surface area (Å²) in [5.41, 5.74) is 12.1. The summed E-state index contributed by atoms with van der Waals surface area (Å²) in [6.45, 7) is 8.48. The highest BCUT2D eigenvalue weighted by atomic mass is 16.7. The molecule has 0 bridgehead atoms. The molecule has 0 N–H and O–H groups in total. The third-order valence-electron chi connectivity index (χ3n) is 11.5. The van der Waals surface area contributed by atoms with Gasteiger partial charge in [0.15, 0.2) is 0 Å². The third-order valence-corrected chi connectivity index (χ3v) is 11.5. The van der Waals surface area contributed by atoms with E-state index in [0.717, 1.165) is 5.46 Å². The normalized spacial score (nSPS) is 22.8. The summed E-state index contributed by atoms with van der Waals surface area (Å²) in [6, 6.07) is 56.3. The van der Waals surface area contributed by atoms with Gasteiger partial charge in [0.05, 0.1) is 22.0 Å². The van der Waals surface area contributed by atoms with Crippen LogP contribution in [0.15, 0.2) is 152 Å². The summed E-state index contributed by atoms with van der Waals surface area (Å²) in [5, 5.41) is 0. The van der Waals surface area contributed by atoms with Crippen molar-refractivity contribution in [2.24, 2.45) is 0 Å². The number of benzene rings is 6. The smallest absolute Gasteiger partial charge is 0.399 e. The topological polar surface area (TPSA) is 18.5 Å². The van der Waals surface area contributed by atoms with Crippen LogP contribution >= 0.6 is 0 Å². The zero-order valence-corrected chi connectivity index (χ0v) is 27.3. The Morgan fingerprint density at radius 3 is 1.53 bits per heavy atom. The van der Waals surface area contributed by atoms with Crippen LogP contribution in [0.1, 0.15) is 72.2 Å². The van der Waals surface area contributed by atoms with Gasteiger partial charge >= 0.3 is 7.12 Å². The fraction of sp³-hybridized carbons (Fsp3) is 0.182. The molecule has 1 fully saturated rings. The molecule has 0 spiro atoms. The Labute approximate surface area is 278 Å². The Bertz CT molecular complexity index is 2150. The van der Waals surface area contributed by atoms with Crippen molar-refractivity contribution in [2.75, 3.05) is 0 Å². The van der Waals surface area contributed by atoms with Crippen molar-refractivity contribution in [2.45, 2.75) is 49.7 Å². The van der Waals surface area contributed by atoms with Crippen molar-refractivity contribution in [1.82, 2.24) is 0 Å². The van der Waals surface area contributed by atoms with Crippen LogP contribution in [0.25, 0.3) is 11.1 Å². The Balaban J connectivity index is 1.42. The lowest BCUT2D eigenvalue weighted by Crippen LogP contribution is -2.45. The van der Waals surface area contributed by atoms with Gasteiger partial charge in [-0.15, -0.1) is 0 Å². The molecule has 2 nitrogen and oxygen atoms in total. The van der Waals surface area contributed by atoms with Crippen LogP contribution in [0.5, 0.6) is 0 Å². The lowest BCUT2D eigenvalue weighted by Gasteiger charge is -2.49. The fourth-order valence-corrected chi connectivity index (χ4v) is 8.75. The van der Waals surface area contributed by atoms with E-state index in [4.69, 9.17) is 9.31 Å². The van der Waals surface area contributed by atoms with Gasteiger partial charge in [-0.25, -0.2) is 0 Å². The predicted molar refractivity (Wildman–Crippen MR) is 191 cm³/mol. The average molecular weight is 609 g/mol. The molecule has 6 aromatic carbocycles. The lowest BCUT2D eigenvalue weighted by molar-refractivity contribution is 0.00578. The van der Waals surface area contributed by atoms with Gasteiger partial charge in [0.25, 0.3) is 0 Å². The maximum absolute atomic E-state index is 6.61. The second kappa shape index (κ2) is 9.91. The van der Waals surface area contributed by atoms with Gasteiger partial charge in [-0.05, 0) is 88.8 Å². The SMILES string of the molecule is CC1(C)OB(c2cccc(C3(c4ccccc4)c4ccccc4C4(c5ccccc5)c5ccccc5-c5cccc3c54)c2)OC1(C)C. The molecule has 0 radical (unpaired) electrons. The molecule has 9 rings (SSSR count). The van der Waals surface area contributed by atoms with E-state index >= 15 is 0 Å².